The van der Waals surface area contributed by atoms with Gasteiger partial charge in [0.25, 0.3) is 0 Å². The van der Waals surface area contributed by atoms with Gasteiger partial charge in [-0.2, -0.15) is 13.2 Å². The van der Waals surface area contributed by atoms with Crippen LogP contribution in [-0.2, 0) is 15.8 Å². The largest absolute Gasteiger partial charge is 0.493 e. The Kier molecular flexibility index (Phi) is 7.80. The number of hydrogen-bond acceptors (Lipinski definition) is 6. The minimum Gasteiger partial charge on any atom is -0.493 e. The van der Waals surface area contributed by atoms with E-state index in [2.05, 4.69) is 15.3 Å². The number of rotatable bonds is 10. The predicted molar refractivity (Wildman–Crippen MR) is 137 cm³/mol. The average Bonchev–Trinajstić information content (AvgIpc) is 3.71. The quantitative estimate of drug-likeness (QED) is 0.323. The first-order valence-corrected chi connectivity index (χ1v) is 12.3. The van der Waals surface area contributed by atoms with Gasteiger partial charge in [-0.15, -0.1) is 0 Å². The van der Waals surface area contributed by atoms with Crippen molar-refractivity contribution < 1.29 is 37.3 Å². The topological polar surface area (TPSA) is 111 Å². The number of hydrogen-bond donors (Lipinski definition) is 2. The summed E-state index contributed by atoms with van der Waals surface area (Å²) in [5.41, 5.74) is 0.132. The highest BCUT2D eigenvalue weighted by Gasteiger charge is 2.32. The fourth-order valence-electron chi connectivity index (χ4n) is 3.73. The molecule has 0 unspecified atom stereocenters. The molecule has 8 nitrogen and oxygen atoms in total. The SMILES string of the molecule is Cc1cc(OCCC(=O)Nc2cnc(-c3ccc(C(F)(F)F)cc3)nc2C2CC2)ccc1OC(C)(C)C(=O)O. The monoisotopic (exact) mass is 543 g/mol. The van der Waals surface area contributed by atoms with Crippen LogP contribution >= 0.6 is 0 Å². The van der Waals surface area contributed by atoms with Gasteiger partial charge in [0.15, 0.2) is 11.4 Å². The molecule has 1 aromatic heterocycles. The summed E-state index contributed by atoms with van der Waals surface area (Å²) < 4.78 is 49.9. The van der Waals surface area contributed by atoms with Gasteiger partial charge in [-0.05, 0) is 69.5 Å². The molecule has 1 aliphatic carbocycles. The van der Waals surface area contributed by atoms with Gasteiger partial charge in [0.1, 0.15) is 11.5 Å². The third-order valence-corrected chi connectivity index (χ3v) is 6.15. The second-order valence-electron chi connectivity index (χ2n) is 9.83. The van der Waals surface area contributed by atoms with Crippen molar-refractivity contribution in [3.63, 3.8) is 0 Å². The maximum atomic E-state index is 12.9. The van der Waals surface area contributed by atoms with Crippen molar-refractivity contribution in [3.05, 3.63) is 65.5 Å². The highest BCUT2D eigenvalue weighted by Crippen LogP contribution is 2.43. The van der Waals surface area contributed by atoms with Crippen LogP contribution in [0.4, 0.5) is 18.9 Å². The van der Waals surface area contributed by atoms with Gasteiger partial charge in [-0.3, -0.25) is 4.79 Å². The highest BCUT2D eigenvalue weighted by atomic mass is 19.4. The maximum absolute atomic E-state index is 12.9. The van der Waals surface area contributed by atoms with E-state index in [1.165, 1.54) is 32.2 Å². The molecule has 11 heteroatoms. The predicted octanol–water partition coefficient (Wildman–Crippen LogP) is 6.00. The van der Waals surface area contributed by atoms with Gasteiger partial charge >= 0.3 is 12.1 Å². The molecule has 0 aliphatic heterocycles. The average molecular weight is 544 g/mol. The molecule has 0 saturated heterocycles. The van der Waals surface area contributed by atoms with E-state index in [9.17, 15) is 27.9 Å². The molecule has 1 saturated carbocycles. The summed E-state index contributed by atoms with van der Waals surface area (Å²) in [4.78, 5) is 32.7. The number of aromatic nitrogens is 2. The Balaban J connectivity index is 1.35. The fraction of sp³-hybridized carbons (Fsp3) is 0.357. The zero-order chi connectivity index (χ0) is 28.4. The normalized spacial score (nSPS) is 13.6. The van der Waals surface area contributed by atoms with Crippen molar-refractivity contribution in [2.45, 2.75) is 57.7 Å². The molecule has 3 aromatic rings. The molecule has 0 atom stereocenters. The number of carboxylic acid groups (broad SMARTS) is 1. The summed E-state index contributed by atoms with van der Waals surface area (Å²) in [7, 11) is 0. The van der Waals surface area contributed by atoms with Crippen LogP contribution in [0, 0.1) is 6.92 Å². The number of nitrogens with zero attached hydrogens (tertiary/aromatic N) is 2. The number of aliphatic carboxylic acids is 1. The van der Waals surface area contributed by atoms with E-state index >= 15 is 0 Å². The number of anilines is 1. The summed E-state index contributed by atoms with van der Waals surface area (Å²) in [5.74, 6) is -0.0204. The molecule has 0 radical (unpaired) electrons. The van der Waals surface area contributed by atoms with Crippen molar-refractivity contribution in [2.75, 3.05) is 11.9 Å². The summed E-state index contributed by atoms with van der Waals surface area (Å²) in [5, 5.41) is 12.1. The molecule has 4 rings (SSSR count). The first-order chi connectivity index (χ1) is 18.3. The summed E-state index contributed by atoms with van der Waals surface area (Å²) in [6, 6.07) is 9.60. The standard InChI is InChI=1S/C28H28F3N3O5/c1-16-14-20(10-11-22(16)39-27(2,3)26(36)37)38-13-12-23(35)33-21-15-32-25(34-24(21)17-4-5-17)18-6-8-19(9-7-18)28(29,30)31/h6-11,14-15,17H,4-5,12-13H2,1-3H3,(H,33,35)(H,36,37). The molecule has 0 spiro atoms. The molecule has 1 heterocycles. The molecule has 206 valence electrons. The summed E-state index contributed by atoms with van der Waals surface area (Å²) >= 11 is 0. The highest BCUT2D eigenvalue weighted by molar-refractivity contribution is 5.91. The molecule has 1 amide bonds. The fourth-order valence-corrected chi connectivity index (χ4v) is 3.73. The van der Waals surface area contributed by atoms with Crippen LogP contribution in [0.3, 0.4) is 0 Å². The van der Waals surface area contributed by atoms with Crippen LogP contribution in [0.5, 0.6) is 11.5 Å². The molecular formula is C28H28F3N3O5. The van der Waals surface area contributed by atoms with Crippen molar-refractivity contribution in [1.29, 1.82) is 0 Å². The van der Waals surface area contributed by atoms with Crippen molar-refractivity contribution in [3.8, 4) is 22.9 Å². The molecule has 39 heavy (non-hydrogen) atoms. The van der Waals surface area contributed by atoms with E-state index in [0.29, 0.717) is 39.8 Å². The van der Waals surface area contributed by atoms with Crippen LogP contribution in [0.1, 0.15) is 55.8 Å². The Hall–Kier alpha value is -4.15. The number of nitrogens with one attached hydrogen (secondary N) is 1. The molecule has 1 aliphatic rings. The zero-order valence-corrected chi connectivity index (χ0v) is 21.6. The zero-order valence-electron chi connectivity index (χ0n) is 21.6. The number of carbonyl (C=O) groups is 2. The summed E-state index contributed by atoms with van der Waals surface area (Å²) in [6.07, 6.45) is -1.09. The van der Waals surface area contributed by atoms with Gasteiger partial charge in [0, 0.05) is 11.5 Å². The lowest BCUT2D eigenvalue weighted by atomic mass is 10.1. The second kappa shape index (κ2) is 10.9. The number of benzene rings is 2. The van der Waals surface area contributed by atoms with Gasteiger partial charge in [-0.25, -0.2) is 14.8 Å². The van der Waals surface area contributed by atoms with Gasteiger partial charge in [-0.1, -0.05) is 12.1 Å². The smallest absolute Gasteiger partial charge is 0.416 e. The Bertz CT molecular complexity index is 1370. The van der Waals surface area contributed by atoms with Crippen molar-refractivity contribution >= 4 is 17.6 Å². The molecule has 0 bridgehead atoms. The lowest BCUT2D eigenvalue weighted by molar-refractivity contribution is -0.152. The van der Waals surface area contributed by atoms with E-state index in [4.69, 9.17) is 9.47 Å². The van der Waals surface area contributed by atoms with Crippen LogP contribution in [0.25, 0.3) is 11.4 Å². The Morgan fingerprint density at radius 2 is 1.79 bits per heavy atom. The van der Waals surface area contributed by atoms with E-state index < -0.39 is 23.3 Å². The number of halogens is 3. The van der Waals surface area contributed by atoms with E-state index in [0.717, 1.165) is 25.0 Å². The van der Waals surface area contributed by atoms with E-state index in [1.807, 2.05) is 0 Å². The number of ether oxygens (including phenoxy) is 2. The number of aryl methyl sites for hydroxylation is 1. The molecule has 1 fully saturated rings. The third kappa shape index (κ3) is 7.04. The van der Waals surface area contributed by atoms with E-state index in [-0.39, 0.29) is 24.9 Å². The molecular weight excluding hydrogens is 515 g/mol. The van der Waals surface area contributed by atoms with Gasteiger partial charge in [0.05, 0.1) is 36.2 Å². The van der Waals surface area contributed by atoms with Crippen LogP contribution in [0.15, 0.2) is 48.7 Å². The Morgan fingerprint density at radius 3 is 2.38 bits per heavy atom. The third-order valence-electron chi connectivity index (χ3n) is 6.15. The van der Waals surface area contributed by atoms with Gasteiger partial charge < -0.3 is 19.9 Å². The number of alkyl halides is 3. The maximum Gasteiger partial charge on any atom is 0.416 e. The van der Waals surface area contributed by atoms with Crippen LogP contribution in [-0.4, -0.2) is 39.2 Å². The van der Waals surface area contributed by atoms with Crippen LogP contribution < -0.4 is 14.8 Å². The second-order valence-corrected chi connectivity index (χ2v) is 9.83. The number of carbonyl (C=O) groups excluding carboxylic acids is 1. The summed E-state index contributed by atoms with van der Waals surface area (Å²) in [6.45, 7) is 4.77. The minimum absolute atomic E-state index is 0.0497. The van der Waals surface area contributed by atoms with E-state index in [1.54, 1.807) is 25.1 Å². The molecule has 2 N–H and O–H groups in total. The first-order valence-electron chi connectivity index (χ1n) is 12.3. The van der Waals surface area contributed by atoms with Gasteiger partial charge in [0.2, 0.25) is 5.91 Å². The Morgan fingerprint density at radius 1 is 1.10 bits per heavy atom. The lowest BCUT2D eigenvalue weighted by Crippen LogP contribution is -2.38. The number of amides is 1. The lowest BCUT2D eigenvalue weighted by Gasteiger charge is -2.23. The first kappa shape index (κ1) is 27.9. The van der Waals surface area contributed by atoms with Crippen LogP contribution in [0.2, 0.25) is 0 Å². The molecule has 2 aromatic carbocycles. The Labute approximate surface area is 223 Å². The number of carboxylic acids is 1. The van der Waals surface area contributed by atoms with Crippen molar-refractivity contribution in [2.24, 2.45) is 0 Å². The minimum atomic E-state index is -4.42. The van der Waals surface area contributed by atoms with Crippen molar-refractivity contribution in [1.82, 2.24) is 9.97 Å².